The van der Waals surface area contributed by atoms with Crippen LogP contribution in [0.5, 0.6) is 0 Å². The molecule has 4 heteroatoms. The molecule has 1 aromatic rings. The average molecular weight is 281 g/mol. The first kappa shape index (κ1) is 14.2. The molecule has 1 aliphatic rings. The smallest absolute Gasteiger partial charge is 0.257 e. The fourth-order valence-electron chi connectivity index (χ4n) is 2.86. The molecule has 0 aliphatic carbocycles. The number of halogens is 1. The third kappa shape index (κ3) is 2.57. The van der Waals surface area contributed by atoms with Crippen molar-refractivity contribution in [3.05, 3.63) is 28.8 Å². The molecule has 1 heterocycles. The summed E-state index contributed by atoms with van der Waals surface area (Å²) in [6.45, 7) is 6.00. The maximum Gasteiger partial charge on any atom is 0.257 e. The Morgan fingerprint density at radius 1 is 1.42 bits per heavy atom. The molecule has 3 nitrogen and oxygen atoms in total. The Morgan fingerprint density at radius 2 is 2.11 bits per heavy atom. The monoisotopic (exact) mass is 280 g/mol. The highest BCUT2D eigenvalue weighted by atomic mass is 35.5. The molecular weight excluding hydrogens is 260 g/mol. The zero-order chi connectivity index (χ0) is 14.0. The Bertz CT molecular complexity index is 463. The van der Waals surface area contributed by atoms with Gasteiger partial charge < -0.3 is 10.6 Å². The summed E-state index contributed by atoms with van der Waals surface area (Å²) in [7, 11) is 0. The van der Waals surface area contributed by atoms with Crippen LogP contribution in [0, 0.1) is 5.41 Å². The van der Waals surface area contributed by atoms with Gasteiger partial charge in [-0.2, -0.15) is 0 Å². The van der Waals surface area contributed by atoms with Crippen LogP contribution in [-0.2, 0) is 0 Å². The summed E-state index contributed by atoms with van der Waals surface area (Å²) >= 11 is 6.11. The van der Waals surface area contributed by atoms with Crippen molar-refractivity contribution in [2.24, 2.45) is 5.41 Å². The van der Waals surface area contributed by atoms with Gasteiger partial charge in [0.1, 0.15) is 0 Å². The quantitative estimate of drug-likeness (QED) is 0.860. The van der Waals surface area contributed by atoms with Crippen molar-refractivity contribution in [1.82, 2.24) is 4.90 Å². The van der Waals surface area contributed by atoms with E-state index in [2.05, 4.69) is 13.8 Å². The summed E-state index contributed by atoms with van der Waals surface area (Å²) in [6, 6.07) is 5.21. The Hall–Kier alpha value is -1.22. The average Bonchev–Trinajstić information content (AvgIpc) is 2.83. The summed E-state index contributed by atoms with van der Waals surface area (Å²) < 4.78 is 0. The molecule has 2 N–H and O–H groups in total. The minimum Gasteiger partial charge on any atom is -0.398 e. The zero-order valence-corrected chi connectivity index (χ0v) is 12.3. The van der Waals surface area contributed by atoms with Crippen LogP contribution in [-0.4, -0.2) is 23.9 Å². The van der Waals surface area contributed by atoms with E-state index in [0.29, 0.717) is 16.3 Å². The summed E-state index contributed by atoms with van der Waals surface area (Å²) in [5, 5.41) is 0.440. The Balaban J connectivity index is 2.23. The van der Waals surface area contributed by atoms with E-state index in [-0.39, 0.29) is 11.3 Å². The van der Waals surface area contributed by atoms with Crippen molar-refractivity contribution in [2.45, 2.75) is 33.1 Å². The molecule has 0 spiro atoms. The van der Waals surface area contributed by atoms with E-state index in [4.69, 9.17) is 17.3 Å². The van der Waals surface area contributed by atoms with Crippen LogP contribution in [0.3, 0.4) is 0 Å². The normalized spacial score (nSPS) is 17.7. The van der Waals surface area contributed by atoms with E-state index >= 15 is 0 Å². The Kier molecular flexibility index (Phi) is 4.04. The van der Waals surface area contributed by atoms with Crippen LogP contribution >= 0.6 is 11.6 Å². The largest absolute Gasteiger partial charge is 0.398 e. The minimum absolute atomic E-state index is 0.0353. The van der Waals surface area contributed by atoms with Crippen LogP contribution in [0.15, 0.2) is 18.2 Å². The van der Waals surface area contributed by atoms with E-state index in [0.717, 1.165) is 32.4 Å². The number of nitrogens with zero attached hydrogens (tertiary/aromatic N) is 1. The molecule has 104 valence electrons. The van der Waals surface area contributed by atoms with Crippen LogP contribution in [0.1, 0.15) is 43.5 Å². The molecule has 0 radical (unpaired) electrons. The van der Waals surface area contributed by atoms with Crippen molar-refractivity contribution in [3.8, 4) is 0 Å². The van der Waals surface area contributed by atoms with Crippen LogP contribution in [0.2, 0.25) is 5.02 Å². The van der Waals surface area contributed by atoms with Crippen molar-refractivity contribution >= 4 is 23.2 Å². The van der Waals surface area contributed by atoms with Gasteiger partial charge in [0.2, 0.25) is 0 Å². The Labute approximate surface area is 119 Å². The lowest BCUT2D eigenvalue weighted by Gasteiger charge is -2.26. The van der Waals surface area contributed by atoms with Crippen molar-refractivity contribution in [1.29, 1.82) is 0 Å². The van der Waals surface area contributed by atoms with Gasteiger partial charge in [0.15, 0.2) is 0 Å². The standard InChI is InChI=1S/C15H21ClN2O/c1-3-15(4-2)8-9-18(10-15)14(19)13-11(16)6-5-7-12(13)17/h5-7H,3-4,8-10,17H2,1-2H3. The van der Waals surface area contributed by atoms with E-state index in [1.165, 1.54) is 0 Å². The predicted molar refractivity (Wildman–Crippen MR) is 79.4 cm³/mol. The zero-order valence-electron chi connectivity index (χ0n) is 11.6. The van der Waals surface area contributed by atoms with Crippen molar-refractivity contribution < 1.29 is 4.79 Å². The fourth-order valence-corrected chi connectivity index (χ4v) is 3.12. The SMILES string of the molecule is CCC1(CC)CCN(C(=O)c2c(N)cccc2Cl)C1. The fraction of sp³-hybridized carbons (Fsp3) is 0.533. The van der Waals surface area contributed by atoms with E-state index in [1.54, 1.807) is 18.2 Å². The van der Waals surface area contributed by atoms with Crippen molar-refractivity contribution in [3.63, 3.8) is 0 Å². The number of anilines is 1. The lowest BCUT2D eigenvalue weighted by Crippen LogP contribution is -2.32. The molecule has 0 bridgehead atoms. The molecule has 1 aromatic carbocycles. The van der Waals surface area contributed by atoms with Crippen LogP contribution in [0.25, 0.3) is 0 Å². The van der Waals surface area contributed by atoms with E-state index in [9.17, 15) is 4.79 Å². The predicted octanol–water partition coefficient (Wildman–Crippen LogP) is 3.57. The number of amides is 1. The molecule has 2 rings (SSSR count). The molecule has 19 heavy (non-hydrogen) atoms. The summed E-state index contributed by atoms with van der Waals surface area (Å²) in [6.07, 6.45) is 3.27. The minimum atomic E-state index is -0.0353. The van der Waals surface area contributed by atoms with Gasteiger partial charge in [-0.1, -0.05) is 31.5 Å². The molecule has 0 aromatic heterocycles. The summed E-state index contributed by atoms with van der Waals surface area (Å²) in [5.74, 6) is -0.0353. The number of carbonyl (C=O) groups excluding carboxylic acids is 1. The highest BCUT2D eigenvalue weighted by molar-refractivity contribution is 6.34. The van der Waals surface area contributed by atoms with Gasteiger partial charge in [-0.05, 0) is 36.8 Å². The van der Waals surface area contributed by atoms with Gasteiger partial charge in [-0.3, -0.25) is 4.79 Å². The lowest BCUT2D eigenvalue weighted by molar-refractivity contribution is 0.0771. The second-order valence-corrected chi connectivity index (χ2v) is 5.80. The van der Waals surface area contributed by atoms with Crippen LogP contribution in [0.4, 0.5) is 5.69 Å². The number of likely N-dealkylation sites (tertiary alicyclic amines) is 1. The molecule has 1 amide bonds. The van der Waals surface area contributed by atoms with Gasteiger partial charge in [-0.25, -0.2) is 0 Å². The third-order valence-corrected chi connectivity index (χ3v) is 4.80. The maximum atomic E-state index is 12.6. The molecule has 0 unspecified atom stereocenters. The lowest BCUT2D eigenvalue weighted by atomic mass is 9.82. The molecular formula is C15H21ClN2O. The number of carbonyl (C=O) groups is 1. The molecule has 1 fully saturated rings. The number of hydrogen-bond acceptors (Lipinski definition) is 2. The second-order valence-electron chi connectivity index (χ2n) is 5.39. The molecule has 1 aliphatic heterocycles. The number of benzene rings is 1. The van der Waals surface area contributed by atoms with Gasteiger partial charge in [0.25, 0.3) is 5.91 Å². The van der Waals surface area contributed by atoms with Crippen molar-refractivity contribution in [2.75, 3.05) is 18.8 Å². The molecule has 1 saturated heterocycles. The number of nitrogens with two attached hydrogens (primary N) is 1. The Morgan fingerprint density at radius 3 is 2.63 bits per heavy atom. The topological polar surface area (TPSA) is 46.3 Å². The third-order valence-electron chi connectivity index (χ3n) is 4.49. The van der Waals surface area contributed by atoms with Gasteiger partial charge in [0.05, 0.1) is 10.6 Å². The van der Waals surface area contributed by atoms with Gasteiger partial charge in [-0.15, -0.1) is 0 Å². The second kappa shape index (κ2) is 5.41. The molecule has 0 atom stereocenters. The first-order chi connectivity index (χ1) is 9.03. The van der Waals surface area contributed by atoms with Crippen LogP contribution < -0.4 is 5.73 Å². The summed E-state index contributed by atoms with van der Waals surface area (Å²) in [4.78, 5) is 14.5. The number of hydrogen-bond donors (Lipinski definition) is 1. The highest BCUT2D eigenvalue weighted by Gasteiger charge is 2.37. The summed E-state index contributed by atoms with van der Waals surface area (Å²) in [5.41, 5.74) is 7.07. The van der Waals surface area contributed by atoms with Gasteiger partial charge in [0, 0.05) is 18.8 Å². The first-order valence-corrected chi connectivity index (χ1v) is 7.24. The molecule has 0 saturated carbocycles. The first-order valence-electron chi connectivity index (χ1n) is 6.86. The van der Waals surface area contributed by atoms with E-state index in [1.807, 2.05) is 4.90 Å². The number of rotatable bonds is 3. The maximum absolute atomic E-state index is 12.6. The highest BCUT2D eigenvalue weighted by Crippen LogP contribution is 2.38. The van der Waals surface area contributed by atoms with Gasteiger partial charge >= 0.3 is 0 Å². The number of nitrogen functional groups attached to an aromatic ring is 1. The van der Waals surface area contributed by atoms with E-state index < -0.39 is 0 Å².